The highest BCUT2D eigenvalue weighted by Crippen LogP contribution is 2.36. The number of thiazole rings is 1. The van der Waals surface area contributed by atoms with Crippen LogP contribution in [0.25, 0.3) is 21.6 Å². The van der Waals surface area contributed by atoms with Crippen LogP contribution in [0.4, 0.5) is 0 Å². The highest BCUT2D eigenvalue weighted by Gasteiger charge is 2.33. The molecule has 2 aromatic heterocycles. The highest BCUT2D eigenvalue weighted by molar-refractivity contribution is 7.13. The Morgan fingerprint density at radius 3 is 2.93 bits per heavy atom. The van der Waals surface area contributed by atoms with Crippen LogP contribution in [-0.4, -0.2) is 32.8 Å². The van der Waals surface area contributed by atoms with Gasteiger partial charge in [0.25, 0.3) is 0 Å². The summed E-state index contributed by atoms with van der Waals surface area (Å²) in [6, 6.07) is 8.05. The number of H-pyrrole nitrogens is 1. The van der Waals surface area contributed by atoms with Crippen molar-refractivity contribution in [1.82, 2.24) is 20.2 Å². The number of para-hydroxylation sites is 1. The number of benzene rings is 1. The molecule has 1 aliphatic heterocycles. The zero-order valence-electron chi connectivity index (χ0n) is 15.9. The first-order valence-electron chi connectivity index (χ1n) is 9.31. The smallest absolute Gasteiger partial charge is 0.330 e. The van der Waals surface area contributed by atoms with E-state index >= 15 is 0 Å². The van der Waals surface area contributed by atoms with Crippen LogP contribution in [0.3, 0.4) is 0 Å². The van der Waals surface area contributed by atoms with E-state index in [0.29, 0.717) is 0 Å². The number of hydrogen-bond acceptors (Lipinski definition) is 6. The molecule has 142 valence electrons. The van der Waals surface area contributed by atoms with Crippen LogP contribution >= 0.6 is 11.3 Å². The minimum Gasteiger partial charge on any atom is -0.367 e. The van der Waals surface area contributed by atoms with Crippen molar-refractivity contribution >= 4 is 28.2 Å². The van der Waals surface area contributed by atoms with Crippen molar-refractivity contribution in [1.29, 1.82) is 0 Å². The Kier molecular flexibility index (Phi) is 4.74. The summed E-state index contributed by atoms with van der Waals surface area (Å²) in [4.78, 5) is 22.9. The molecule has 3 aromatic rings. The average molecular weight is 385 g/mol. The van der Waals surface area contributed by atoms with Gasteiger partial charge in [-0.05, 0) is 46.1 Å². The maximum atomic E-state index is 12.4. The third kappa shape index (κ3) is 3.61. The summed E-state index contributed by atoms with van der Waals surface area (Å²) in [6.07, 6.45) is 3.06. The molecule has 1 aliphatic rings. The van der Waals surface area contributed by atoms with E-state index in [0.717, 1.165) is 53.1 Å². The molecule has 1 aromatic carbocycles. The summed E-state index contributed by atoms with van der Waals surface area (Å²) in [5, 5.41) is 13.3. The molecular formula is C20H24N4O2S. The standard InChI is InChI=1S/C20H24N4O2S/c1-20(2,3)19(25)26-24-11-7-6-10-16(24)15-12-27-18(21-15)17-13-8-4-5-9-14(13)22-23-17/h4-5,8-9,12,16H,6-7,10-11H2,1-3H3,(H,22,23)/t16-/m1/s1. The number of nitrogens with zero attached hydrogens (tertiary/aromatic N) is 3. The Morgan fingerprint density at radius 1 is 1.30 bits per heavy atom. The average Bonchev–Trinajstić information content (AvgIpc) is 3.28. The molecule has 0 unspecified atom stereocenters. The molecule has 0 spiro atoms. The molecule has 3 heterocycles. The van der Waals surface area contributed by atoms with Crippen molar-refractivity contribution in [3.8, 4) is 10.7 Å². The maximum Gasteiger partial charge on any atom is 0.330 e. The third-order valence-corrected chi connectivity index (χ3v) is 5.67. The second kappa shape index (κ2) is 7.05. The number of aromatic nitrogens is 3. The normalized spacial score (nSPS) is 18.7. The van der Waals surface area contributed by atoms with Crippen LogP contribution in [-0.2, 0) is 9.63 Å². The van der Waals surface area contributed by atoms with Gasteiger partial charge in [0.15, 0.2) is 0 Å². The molecule has 1 atom stereocenters. The Morgan fingerprint density at radius 2 is 2.11 bits per heavy atom. The summed E-state index contributed by atoms with van der Waals surface area (Å²) in [7, 11) is 0. The predicted molar refractivity (Wildman–Crippen MR) is 106 cm³/mol. The first-order chi connectivity index (χ1) is 12.9. The number of hydroxylamine groups is 2. The Bertz CT molecular complexity index is 956. The van der Waals surface area contributed by atoms with Crippen LogP contribution in [0, 0.1) is 5.41 Å². The number of nitrogens with one attached hydrogen (secondary N) is 1. The van der Waals surface area contributed by atoms with Crippen molar-refractivity contribution in [3.05, 3.63) is 35.3 Å². The molecule has 6 nitrogen and oxygen atoms in total. The lowest BCUT2D eigenvalue weighted by Gasteiger charge is -2.34. The zero-order valence-corrected chi connectivity index (χ0v) is 16.7. The van der Waals surface area contributed by atoms with Gasteiger partial charge in [-0.2, -0.15) is 5.10 Å². The zero-order chi connectivity index (χ0) is 19.0. The number of rotatable bonds is 3. The van der Waals surface area contributed by atoms with E-state index in [1.807, 2.05) is 50.1 Å². The lowest BCUT2D eigenvalue weighted by molar-refractivity contribution is -0.218. The van der Waals surface area contributed by atoms with Crippen molar-refractivity contribution in [2.24, 2.45) is 5.41 Å². The van der Waals surface area contributed by atoms with E-state index < -0.39 is 5.41 Å². The molecule has 1 fully saturated rings. The van der Waals surface area contributed by atoms with E-state index in [9.17, 15) is 4.79 Å². The summed E-state index contributed by atoms with van der Waals surface area (Å²) in [5.74, 6) is -0.205. The quantitative estimate of drug-likeness (QED) is 0.708. The molecule has 0 aliphatic carbocycles. The predicted octanol–water partition coefficient (Wildman–Crippen LogP) is 4.72. The van der Waals surface area contributed by atoms with E-state index in [1.54, 1.807) is 11.3 Å². The molecule has 1 N–H and O–H groups in total. The van der Waals surface area contributed by atoms with Gasteiger partial charge in [0, 0.05) is 17.3 Å². The topological polar surface area (TPSA) is 71.1 Å². The molecular weight excluding hydrogens is 360 g/mol. The highest BCUT2D eigenvalue weighted by atomic mass is 32.1. The van der Waals surface area contributed by atoms with Crippen LogP contribution in [0.1, 0.15) is 51.8 Å². The van der Waals surface area contributed by atoms with Gasteiger partial charge in [0.2, 0.25) is 0 Å². The molecule has 0 saturated carbocycles. The molecule has 1 saturated heterocycles. The lowest BCUT2D eigenvalue weighted by Crippen LogP contribution is -2.39. The van der Waals surface area contributed by atoms with E-state index in [2.05, 4.69) is 15.6 Å². The third-order valence-electron chi connectivity index (χ3n) is 4.80. The molecule has 0 amide bonds. The van der Waals surface area contributed by atoms with Gasteiger partial charge in [-0.25, -0.2) is 9.78 Å². The van der Waals surface area contributed by atoms with Crippen molar-refractivity contribution in [3.63, 3.8) is 0 Å². The van der Waals surface area contributed by atoms with Gasteiger partial charge in [-0.3, -0.25) is 5.10 Å². The number of carbonyl (C=O) groups excluding carboxylic acids is 1. The first-order valence-corrected chi connectivity index (χ1v) is 10.2. The second-order valence-electron chi connectivity index (χ2n) is 7.98. The summed E-state index contributed by atoms with van der Waals surface area (Å²) < 4.78 is 0. The van der Waals surface area contributed by atoms with Gasteiger partial charge < -0.3 is 4.84 Å². The van der Waals surface area contributed by atoms with E-state index in [1.165, 1.54) is 0 Å². The Labute approximate surface area is 162 Å². The largest absolute Gasteiger partial charge is 0.367 e. The fourth-order valence-corrected chi connectivity index (χ4v) is 4.10. The van der Waals surface area contributed by atoms with Gasteiger partial charge >= 0.3 is 5.97 Å². The van der Waals surface area contributed by atoms with E-state index in [-0.39, 0.29) is 12.0 Å². The van der Waals surface area contributed by atoms with Gasteiger partial charge in [-0.1, -0.05) is 18.2 Å². The number of hydrogen-bond donors (Lipinski definition) is 1. The number of carbonyl (C=O) groups is 1. The summed E-state index contributed by atoms with van der Waals surface area (Å²) >= 11 is 1.58. The maximum absolute atomic E-state index is 12.4. The Hall–Kier alpha value is -2.25. The van der Waals surface area contributed by atoms with Crippen LogP contribution < -0.4 is 0 Å². The van der Waals surface area contributed by atoms with Crippen LogP contribution in [0.15, 0.2) is 29.6 Å². The van der Waals surface area contributed by atoms with Gasteiger partial charge in [-0.15, -0.1) is 16.4 Å². The number of aromatic amines is 1. The monoisotopic (exact) mass is 384 g/mol. The molecule has 7 heteroatoms. The SMILES string of the molecule is CC(C)(C)C(=O)ON1CCCC[C@@H]1c1csc(-c2n[nH]c3ccccc23)n1. The summed E-state index contributed by atoms with van der Waals surface area (Å²) in [6.45, 7) is 6.36. The molecule has 4 rings (SSSR count). The van der Waals surface area contributed by atoms with Crippen molar-refractivity contribution < 1.29 is 9.63 Å². The van der Waals surface area contributed by atoms with E-state index in [4.69, 9.17) is 9.82 Å². The minimum atomic E-state index is -0.525. The van der Waals surface area contributed by atoms with Crippen LogP contribution in [0.2, 0.25) is 0 Å². The molecule has 0 bridgehead atoms. The lowest BCUT2D eigenvalue weighted by atomic mass is 9.97. The number of fused-ring (bicyclic) bond motifs is 1. The second-order valence-corrected chi connectivity index (χ2v) is 8.83. The summed E-state index contributed by atoms with van der Waals surface area (Å²) in [5.41, 5.74) is 2.30. The van der Waals surface area contributed by atoms with Crippen molar-refractivity contribution in [2.45, 2.75) is 46.1 Å². The van der Waals surface area contributed by atoms with Crippen LogP contribution in [0.5, 0.6) is 0 Å². The first kappa shape index (κ1) is 18.1. The Balaban J connectivity index is 1.60. The minimum absolute atomic E-state index is 0.000237. The number of piperidine rings is 1. The fourth-order valence-electron chi connectivity index (χ4n) is 3.23. The molecule has 0 radical (unpaired) electrons. The van der Waals surface area contributed by atoms with Gasteiger partial charge in [0.1, 0.15) is 10.7 Å². The van der Waals surface area contributed by atoms with Gasteiger partial charge in [0.05, 0.1) is 22.7 Å². The molecule has 27 heavy (non-hydrogen) atoms. The van der Waals surface area contributed by atoms with Crippen molar-refractivity contribution in [2.75, 3.05) is 6.54 Å². The fraction of sp³-hybridized carbons (Fsp3) is 0.450.